The average Bonchev–Trinajstić information content (AvgIpc) is 2.79. The van der Waals surface area contributed by atoms with Gasteiger partial charge in [-0.05, 0) is 38.4 Å². The quantitative estimate of drug-likeness (QED) is 0.617. The normalized spacial score (nSPS) is 15.9. The Morgan fingerprint density at radius 1 is 1.16 bits per heavy atom. The molecule has 1 fully saturated rings. The zero-order valence-corrected chi connectivity index (χ0v) is 14.6. The SMILES string of the molecule is CCCN1CCCN(c2c([N+](=O)[O-])cc(CO)c(C)c2[N+](=O)[O-])CC1. The van der Waals surface area contributed by atoms with E-state index in [0.717, 1.165) is 25.9 Å². The number of nitro benzene ring substituents is 2. The molecule has 0 radical (unpaired) electrons. The molecule has 25 heavy (non-hydrogen) atoms. The van der Waals surface area contributed by atoms with Gasteiger partial charge < -0.3 is 14.9 Å². The molecule has 138 valence electrons. The first-order valence-electron chi connectivity index (χ1n) is 8.44. The second-order valence-electron chi connectivity index (χ2n) is 6.23. The maximum atomic E-state index is 11.6. The van der Waals surface area contributed by atoms with Crippen LogP contribution in [0.1, 0.15) is 30.9 Å². The lowest BCUT2D eigenvalue weighted by Crippen LogP contribution is -2.32. The molecular weight excluding hydrogens is 328 g/mol. The smallest absolute Gasteiger partial charge is 0.302 e. The summed E-state index contributed by atoms with van der Waals surface area (Å²) < 4.78 is 0. The van der Waals surface area contributed by atoms with Crippen LogP contribution >= 0.6 is 0 Å². The largest absolute Gasteiger partial charge is 0.392 e. The molecule has 9 nitrogen and oxygen atoms in total. The molecule has 1 aromatic carbocycles. The van der Waals surface area contributed by atoms with Crippen LogP contribution in [0, 0.1) is 27.2 Å². The first-order chi connectivity index (χ1) is 11.9. The van der Waals surface area contributed by atoms with E-state index in [2.05, 4.69) is 11.8 Å². The second kappa shape index (κ2) is 8.21. The minimum absolute atomic E-state index is 0.0584. The predicted molar refractivity (Wildman–Crippen MR) is 94.0 cm³/mol. The molecule has 1 saturated heterocycles. The molecule has 0 bridgehead atoms. The molecule has 0 amide bonds. The molecule has 0 aromatic heterocycles. The van der Waals surface area contributed by atoms with Crippen molar-refractivity contribution < 1.29 is 15.0 Å². The Balaban J connectivity index is 2.53. The van der Waals surface area contributed by atoms with Crippen LogP contribution in [0.4, 0.5) is 17.1 Å². The van der Waals surface area contributed by atoms with Gasteiger partial charge in [-0.1, -0.05) is 6.92 Å². The summed E-state index contributed by atoms with van der Waals surface area (Å²) in [7, 11) is 0. The third kappa shape index (κ3) is 4.05. The van der Waals surface area contributed by atoms with E-state index in [9.17, 15) is 25.3 Å². The van der Waals surface area contributed by atoms with Crippen LogP contribution in [0.3, 0.4) is 0 Å². The highest BCUT2D eigenvalue weighted by atomic mass is 16.6. The van der Waals surface area contributed by atoms with Crippen LogP contribution in [0.2, 0.25) is 0 Å². The first-order valence-corrected chi connectivity index (χ1v) is 8.44. The standard InChI is InChI=1S/C16H24N4O5/c1-3-5-17-6-4-7-18(9-8-17)16-14(19(22)23)10-13(11-21)12(2)15(16)20(24)25/h10,21H,3-9,11H2,1-2H3. The zero-order chi connectivity index (χ0) is 18.6. The van der Waals surface area contributed by atoms with Crippen molar-refractivity contribution in [3.8, 4) is 0 Å². The van der Waals surface area contributed by atoms with Gasteiger partial charge >= 0.3 is 5.69 Å². The topological polar surface area (TPSA) is 113 Å². The minimum atomic E-state index is -0.602. The summed E-state index contributed by atoms with van der Waals surface area (Å²) in [4.78, 5) is 26.0. The number of hydrogen-bond donors (Lipinski definition) is 1. The van der Waals surface area contributed by atoms with Crippen LogP contribution in [0.5, 0.6) is 0 Å². The fourth-order valence-corrected chi connectivity index (χ4v) is 3.37. The van der Waals surface area contributed by atoms with Crippen LogP contribution in [0.15, 0.2) is 6.07 Å². The Kier molecular flexibility index (Phi) is 6.27. The number of hydrogen-bond acceptors (Lipinski definition) is 7. The van der Waals surface area contributed by atoms with Gasteiger partial charge in [-0.25, -0.2) is 0 Å². The molecule has 1 aliphatic heterocycles. The van der Waals surface area contributed by atoms with Gasteiger partial charge in [0.1, 0.15) is 0 Å². The molecule has 0 aliphatic carbocycles. The molecule has 0 unspecified atom stereocenters. The van der Waals surface area contributed by atoms with Gasteiger partial charge in [-0.15, -0.1) is 0 Å². The lowest BCUT2D eigenvalue weighted by Gasteiger charge is -2.24. The van der Waals surface area contributed by atoms with E-state index < -0.39 is 16.5 Å². The highest BCUT2D eigenvalue weighted by Gasteiger charge is 2.34. The van der Waals surface area contributed by atoms with E-state index in [1.807, 2.05) is 0 Å². The van der Waals surface area contributed by atoms with Crippen molar-refractivity contribution in [1.82, 2.24) is 4.90 Å². The molecule has 1 N–H and O–H groups in total. The summed E-state index contributed by atoms with van der Waals surface area (Å²) >= 11 is 0. The van der Waals surface area contributed by atoms with Gasteiger partial charge in [0, 0.05) is 31.3 Å². The van der Waals surface area contributed by atoms with Crippen molar-refractivity contribution in [3.05, 3.63) is 37.4 Å². The Morgan fingerprint density at radius 3 is 2.44 bits per heavy atom. The highest BCUT2D eigenvalue weighted by Crippen LogP contribution is 2.42. The number of nitro groups is 2. The summed E-state index contributed by atoms with van der Waals surface area (Å²) in [6, 6.07) is 1.26. The van der Waals surface area contributed by atoms with Gasteiger partial charge in [0.25, 0.3) is 5.69 Å². The van der Waals surface area contributed by atoms with Crippen molar-refractivity contribution >= 4 is 17.1 Å². The minimum Gasteiger partial charge on any atom is -0.392 e. The monoisotopic (exact) mass is 352 g/mol. The van der Waals surface area contributed by atoms with Crippen LogP contribution in [-0.2, 0) is 6.61 Å². The van der Waals surface area contributed by atoms with E-state index in [4.69, 9.17) is 0 Å². The van der Waals surface area contributed by atoms with E-state index >= 15 is 0 Å². The Labute approximate surface area is 146 Å². The molecule has 9 heteroatoms. The summed E-state index contributed by atoms with van der Waals surface area (Å²) in [5.41, 5.74) is -0.0390. The third-order valence-electron chi connectivity index (χ3n) is 4.61. The third-order valence-corrected chi connectivity index (χ3v) is 4.61. The van der Waals surface area contributed by atoms with E-state index in [1.165, 1.54) is 13.0 Å². The fraction of sp³-hybridized carbons (Fsp3) is 0.625. The predicted octanol–water partition coefficient (Wildman–Crippen LogP) is 2.23. The number of aliphatic hydroxyl groups is 1. The number of rotatable bonds is 6. The molecular formula is C16H24N4O5. The number of benzene rings is 1. The van der Waals surface area contributed by atoms with Gasteiger partial charge in [-0.3, -0.25) is 20.2 Å². The summed E-state index contributed by atoms with van der Waals surface area (Å²) in [6.45, 7) is 6.70. The molecule has 2 rings (SSSR count). The van der Waals surface area contributed by atoms with E-state index in [-0.39, 0.29) is 28.2 Å². The lowest BCUT2D eigenvalue weighted by molar-refractivity contribution is -0.393. The van der Waals surface area contributed by atoms with E-state index in [0.29, 0.717) is 19.6 Å². The molecule has 0 atom stereocenters. The summed E-state index contributed by atoms with van der Waals surface area (Å²) in [5, 5.41) is 32.6. The average molecular weight is 352 g/mol. The van der Waals surface area contributed by atoms with Crippen molar-refractivity contribution in [3.63, 3.8) is 0 Å². The van der Waals surface area contributed by atoms with Crippen molar-refractivity contribution in [2.45, 2.75) is 33.3 Å². The maximum Gasteiger partial charge on any atom is 0.302 e. The van der Waals surface area contributed by atoms with Crippen molar-refractivity contribution in [2.24, 2.45) is 0 Å². The highest BCUT2D eigenvalue weighted by molar-refractivity contribution is 5.79. The van der Waals surface area contributed by atoms with E-state index in [1.54, 1.807) is 4.90 Å². The Hall–Kier alpha value is -2.26. The van der Waals surface area contributed by atoms with Crippen LogP contribution in [0.25, 0.3) is 0 Å². The van der Waals surface area contributed by atoms with Crippen LogP contribution < -0.4 is 4.90 Å². The molecule has 1 aromatic rings. The molecule has 1 aliphatic rings. The summed E-state index contributed by atoms with van der Waals surface area (Å²) in [6.07, 6.45) is 1.81. The number of anilines is 1. The van der Waals surface area contributed by atoms with Crippen molar-refractivity contribution in [1.29, 1.82) is 0 Å². The molecule has 0 saturated carbocycles. The van der Waals surface area contributed by atoms with Gasteiger partial charge in [0.05, 0.1) is 16.5 Å². The lowest BCUT2D eigenvalue weighted by atomic mass is 10.0. The van der Waals surface area contributed by atoms with Crippen molar-refractivity contribution in [2.75, 3.05) is 37.6 Å². The maximum absolute atomic E-state index is 11.6. The Bertz CT molecular complexity index is 664. The van der Waals surface area contributed by atoms with Crippen LogP contribution in [-0.4, -0.2) is 52.6 Å². The Morgan fingerprint density at radius 2 is 1.88 bits per heavy atom. The van der Waals surface area contributed by atoms with Gasteiger partial charge in [-0.2, -0.15) is 0 Å². The second-order valence-corrected chi connectivity index (χ2v) is 6.23. The number of nitrogens with zero attached hydrogens (tertiary/aromatic N) is 4. The molecule has 1 heterocycles. The fourth-order valence-electron chi connectivity index (χ4n) is 3.37. The van der Waals surface area contributed by atoms with Gasteiger partial charge in [0.2, 0.25) is 0 Å². The first kappa shape index (κ1) is 19.1. The zero-order valence-electron chi connectivity index (χ0n) is 14.6. The summed E-state index contributed by atoms with van der Waals surface area (Å²) in [5.74, 6) is 0. The molecule has 0 spiro atoms. The number of aliphatic hydroxyl groups excluding tert-OH is 1. The van der Waals surface area contributed by atoms with Gasteiger partial charge in [0.15, 0.2) is 5.69 Å².